The lowest BCUT2D eigenvalue weighted by Gasteiger charge is -1.98. The van der Waals surface area contributed by atoms with E-state index in [1.54, 1.807) is 0 Å². The van der Waals surface area contributed by atoms with Crippen LogP contribution in [-0.4, -0.2) is 9.97 Å². The number of fused-ring (bicyclic) bond motifs is 1. The Labute approximate surface area is 92.5 Å². The summed E-state index contributed by atoms with van der Waals surface area (Å²) in [6.07, 6.45) is 3.60. The molecule has 1 aliphatic carbocycles. The van der Waals surface area contributed by atoms with Crippen LogP contribution in [0.15, 0.2) is 4.79 Å². The number of aryl methyl sites for hydroxylation is 1. The zero-order valence-electron chi connectivity index (χ0n) is 8.80. The number of hydrogen-bond acceptors (Lipinski definition) is 2. The quantitative estimate of drug-likeness (QED) is 0.795. The second-order valence-corrected chi connectivity index (χ2v) is 4.24. The predicted molar refractivity (Wildman–Crippen MR) is 61.0 cm³/mol. The van der Waals surface area contributed by atoms with E-state index in [1.807, 2.05) is 19.9 Å². The van der Waals surface area contributed by atoms with Crippen LogP contribution in [0.5, 0.6) is 0 Å². The molecule has 15 heavy (non-hydrogen) atoms. The third kappa shape index (κ3) is 1.72. The van der Waals surface area contributed by atoms with Gasteiger partial charge in [0.1, 0.15) is 5.82 Å². The first kappa shape index (κ1) is 10.4. The minimum Gasteiger partial charge on any atom is -0.310 e. The standard InChI is InChI=1S/C11H13ClN2O/c1-3-4-8-13-10-7(11(15)14-8)5-6(2)9(10)12/h5-6H,3-4H2,1-2H3,(H,13,14,15). The van der Waals surface area contributed by atoms with Crippen molar-refractivity contribution in [1.82, 2.24) is 9.97 Å². The number of aromatic amines is 1. The molecule has 0 fully saturated rings. The molecule has 0 aliphatic heterocycles. The molecule has 0 radical (unpaired) electrons. The van der Waals surface area contributed by atoms with Gasteiger partial charge in [-0.05, 0) is 6.42 Å². The van der Waals surface area contributed by atoms with E-state index in [9.17, 15) is 4.79 Å². The maximum atomic E-state index is 11.7. The Bertz CT molecular complexity index is 559. The van der Waals surface area contributed by atoms with E-state index in [4.69, 9.17) is 11.6 Å². The second kappa shape index (κ2) is 3.81. The molecule has 0 amide bonds. The number of H-pyrrole nitrogens is 1. The van der Waals surface area contributed by atoms with Gasteiger partial charge in [0.2, 0.25) is 0 Å². The van der Waals surface area contributed by atoms with Gasteiger partial charge in [0, 0.05) is 12.3 Å². The van der Waals surface area contributed by atoms with Gasteiger partial charge in [-0.3, -0.25) is 4.79 Å². The number of nitrogens with one attached hydrogen (secondary N) is 1. The summed E-state index contributed by atoms with van der Waals surface area (Å²) in [4.78, 5) is 18.9. The lowest BCUT2D eigenvalue weighted by atomic mass is 10.2. The highest BCUT2D eigenvalue weighted by atomic mass is 35.5. The summed E-state index contributed by atoms with van der Waals surface area (Å²) in [5.41, 5.74) is -0.0778. The van der Waals surface area contributed by atoms with Crippen LogP contribution in [0.1, 0.15) is 26.1 Å². The summed E-state index contributed by atoms with van der Waals surface area (Å²) >= 11 is 6.11. The number of hydrogen-bond donors (Lipinski definition) is 1. The Morgan fingerprint density at radius 1 is 1.60 bits per heavy atom. The number of rotatable bonds is 2. The maximum Gasteiger partial charge on any atom is 0.258 e. The van der Waals surface area contributed by atoms with E-state index in [0.717, 1.165) is 18.7 Å². The highest BCUT2D eigenvalue weighted by Crippen LogP contribution is 2.17. The van der Waals surface area contributed by atoms with Crippen LogP contribution >= 0.6 is 11.6 Å². The topological polar surface area (TPSA) is 45.8 Å². The van der Waals surface area contributed by atoms with Crippen molar-refractivity contribution in [2.24, 2.45) is 5.92 Å². The first-order valence-electron chi connectivity index (χ1n) is 5.14. The molecule has 0 saturated carbocycles. The summed E-state index contributed by atoms with van der Waals surface area (Å²) in [7, 11) is 0. The van der Waals surface area contributed by atoms with Crippen molar-refractivity contribution >= 4 is 22.7 Å². The van der Waals surface area contributed by atoms with Gasteiger partial charge in [0.25, 0.3) is 5.56 Å². The zero-order valence-corrected chi connectivity index (χ0v) is 9.56. The number of halogens is 1. The summed E-state index contributed by atoms with van der Waals surface area (Å²) in [6, 6.07) is 0. The smallest absolute Gasteiger partial charge is 0.258 e. The molecule has 0 bridgehead atoms. The fourth-order valence-electron chi connectivity index (χ4n) is 1.76. The van der Waals surface area contributed by atoms with Crippen LogP contribution in [0.4, 0.5) is 0 Å². The third-order valence-corrected chi connectivity index (χ3v) is 3.06. The molecule has 1 aromatic heterocycles. The summed E-state index contributed by atoms with van der Waals surface area (Å²) in [5.74, 6) is 0.828. The van der Waals surface area contributed by atoms with Crippen molar-refractivity contribution in [2.45, 2.75) is 26.7 Å². The van der Waals surface area contributed by atoms with Gasteiger partial charge in [0.05, 0.1) is 15.6 Å². The number of nitrogens with zero attached hydrogens (tertiary/aromatic N) is 1. The Kier molecular flexibility index (Phi) is 2.65. The molecule has 80 valence electrons. The van der Waals surface area contributed by atoms with E-state index >= 15 is 0 Å². The molecule has 1 heterocycles. The van der Waals surface area contributed by atoms with Gasteiger partial charge in [-0.1, -0.05) is 31.5 Å². The van der Waals surface area contributed by atoms with E-state index in [-0.39, 0.29) is 11.5 Å². The van der Waals surface area contributed by atoms with Crippen LogP contribution in [0.25, 0.3) is 11.1 Å². The van der Waals surface area contributed by atoms with E-state index < -0.39 is 0 Å². The minimum atomic E-state index is -0.0778. The first-order chi connectivity index (χ1) is 7.13. The van der Waals surface area contributed by atoms with E-state index in [0.29, 0.717) is 15.6 Å². The molecule has 1 aliphatic rings. The average molecular weight is 225 g/mol. The summed E-state index contributed by atoms with van der Waals surface area (Å²) in [5, 5.41) is 1.96. The summed E-state index contributed by atoms with van der Waals surface area (Å²) in [6.45, 7) is 4.01. The van der Waals surface area contributed by atoms with Crippen molar-refractivity contribution in [3.05, 3.63) is 26.7 Å². The Morgan fingerprint density at radius 2 is 2.33 bits per heavy atom. The molecule has 1 unspecified atom stereocenters. The molecule has 0 aromatic carbocycles. The van der Waals surface area contributed by atoms with Crippen molar-refractivity contribution in [2.75, 3.05) is 0 Å². The molecule has 3 nitrogen and oxygen atoms in total. The van der Waals surface area contributed by atoms with Crippen molar-refractivity contribution in [1.29, 1.82) is 0 Å². The third-order valence-electron chi connectivity index (χ3n) is 2.53. The fraction of sp³-hybridized carbons (Fsp3) is 0.455. The first-order valence-corrected chi connectivity index (χ1v) is 5.52. The molecular weight excluding hydrogens is 212 g/mol. The van der Waals surface area contributed by atoms with Gasteiger partial charge in [-0.25, -0.2) is 4.98 Å². The SMILES string of the molecule is CCCc1nc2c(c(=O)[nH]1)=CC(C)C=2Cl. The van der Waals surface area contributed by atoms with Crippen LogP contribution in [0.3, 0.4) is 0 Å². The molecule has 0 saturated heterocycles. The highest BCUT2D eigenvalue weighted by molar-refractivity contribution is 6.46. The van der Waals surface area contributed by atoms with Crippen LogP contribution in [0, 0.1) is 5.92 Å². The molecule has 1 N–H and O–H groups in total. The Morgan fingerprint density at radius 3 is 3.00 bits per heavy atom. The summed E-state index contributed by atoms with van der Waals surface area (Å²) < 4.78 is 0. The van der Waals surface area contributed by atoms with Crippen molar-refractivity contribution in [3.63, 3.8) is 0 Å². The van der Waals surface area contributed by atoms with Gasteiger partial charge in [0.15, 0.2) is 0 Å². The monoisotopic (exact) mass is 224 g/mol. The lowest BCUT2D eigenvalue weighted by molar-refractivity contribution is 0.812. The largest absolute Gasteiger partial charge is 0.310 e. The second-order valence-electron chi connectivity index (χ2n) is 3.83. The number of aromatic nitrogens is 2. The highest BCUT2D eigenvalue weighted by Gasteiger charge is 2.15. The molecule has 1 aromatic rings. The molecule has 4 heteroatoms. The van der Waals surface area contributed by atoms with E-state index in [2.05, 4.69) is 9.97 Å². The van der Waals surface area contributed by atoms with E-state index in [1.165, 1.54) is 0 Å². The fourth-order valence-corrected chi connectivity index (χ4v) is 1.97. The maximum absolute atomic E-state index is 11.7. The molecule has 2 rings (SSSR count). The molecule has 0 spiro atoms. The average Bonchev–Trinajstić information content (AvgIpc) is 2.46. The molecular formula is C11H13ClN2O. The lowest BCUT2D eigenvalue weighted by Crippen LogP contribution is -2.42. The predicted octanol–water partition coefficient (Wildman–Crippen LogP) is 0.500. The van der Waals surface area contributed by atoms with Gasteiger partial charge < -0.3 is 4.98 Å². The van der Waals surface area contributed by atoms with Crippen molar-refractivity contribution in [3.8, 4) is 0 Å². The Balaban J connectivity index is 2.74. The van der Waals surface area contributed by atoms with Gasteiger partial charge in [-0.2, -0.15) is 0 Å². The van der Waals surface area contributed by atoms with Crippen molar-refractivity contribution < 1.29 is 0 Å². The zero-order chi connectivity index (χ0) is 11.0. The van der Waals surface area contributed by atoms with Gasteiger partial charge in [-0.15, -0.1) is 0 Å². The Hall–Kier alpha value is -1.09. The minimum absolute atomic E-state index is 0.0778. The van der Waals surface area contributed by atoms with Crippen LogP contribution in [-0.2, 0) is 6.42 Å². The molecule has 1 atom stereocenters. The van der Waals surface area contributed by atoms with Crippen LogP contribution < -0.4 is 16.1 Å². The normalized spacial score (nSPS) is 18.9. The van der Waals surface area contributed by atoms with Gasteiger partial charge >= 0.3 is 0 Å². The van der Waals surface area contributed by atoms with Crippen LogP contribution in [0.2, 0.25) is 0 Å².